The lowest BCUT2D eigenvalue weighted by molar-refractivity contribution is 0.861. The smallest absolute Gasteiger partial charge is 0.131 e. The molecule has 0 bridgehead atoms. The standard InChI is InChI=1S/C14H20N2/c1-9(2)13-8-11(5)6-7-12(13)14(15)16-10(3)4/h6-9H,3H2,1-2,4-5H3,(H2,15,16). The number of hydrogen-bond acceptors (Lipinski definition) is 1. The highest BCUT2D eigenvalue weighted by molar-refractivity contribution is 5.99. The summed E-state index contributed by atoms with van der Waals surface area (Å²) >= 11 is 0. The lowest BCUT2D eigenvalue weighted by atomic mass is 9.95. The van der Waals surface area contributed by atoms with Crippen molar-refractivity contribution >= 4 is 5.84 Å². The number of aryl methyl sites for hydroxylation is 1. The maximum Gasteiger partial charge on any atom is 0.131 e. The SMILES string of the molecule is C=C(C)N=C(N)c1ccc(C)cc1C(C)C. The van der Waals surface area contributed by atoms with Gasteiger partial charge in [0.05, 0.1) is 0 Å². The monoisotopic (exact) mass is 216 g/mol. The molecule has 86 valence electrons. The van der Waals surface area contributed by atoms with Gasteiger partial charge in [0.15, 0.2) is 0 Å². The zero-order valence-corrected chi connectivity index (χ0v) is 10.5. The highest BCUT2D eigenvalue weighted by atomic mass is 14.9. The van der Waals surface area contributed by atoms with E-state index >= 15 is 0 Å². The van der Waals surface area contributed by atoms with E-state index in [1.165, 1.54) is 11.1 Å². The predicted octanol–water partition coefficient (Wildman–Crippen LogP) is 3.36. The molecule has 0 aliphatic carbocycles. The molecule has 0 unspecified atom stereocenters. The van der Waals surface area contributed by atoms with Crippen LogP contribution in [0.3, 0.4) is 0 Å². The molecule has 0 spiro atoms. The third kappa shape index (κ3) is 2.96. The molecule has 0 radical (unpaired) electrons. The Kier molecular flexibility index (Phi) is 3.88. The summed E-state index contributed by atoms with van der Waals surface area (Å²) in [6.07, 6.45) is 0. The van der Waals surface area contributed by atoms with Crippen molar-refractivity contribution in [3.8, 4) is 0 Å². The number of aliphatic imine (C=N–C) groups is 1. The molecule has 0 aliphatic rings. The Morgan fingerprint density at radius 2 is 2.00 bits per heavy atom. The second-order valence-electron chi connectivity index (χ2n) is 4.48. The fourth-order valence-corrected chi connectivity index (χ4v) is 1.66. The van der Waals surface area contributed by atoms with E-state index in [0.717, 1.165) is 11.3 Å². The van der Waals surface area contributed by atoms with Gasteiger partial charge in [0, 0.05) is 11.3 Å². The predicted molar refractivity (Wildman–Crippen MR) is 70.8 cm³/mol. The van der Waals surface area contributed by atoms with Crippen LogP contribution in [0.4, 0.5) is 0 Å². The van der Waals surface area contributed by atoms with Crippen LogP contribution in [0.2, 0.25) is 0 Å². The van der Waals surface area contributed by atoms with Crippen LogP contribution in [0.1, 0.15) is 43.4 Å². The Labute approximate surface area is 97.9 Å². The molecule has 0 heterocycles. The zero-order chi connectivity index (χ0) is 12.3. The average molecular weight is 216 g/mol. The number of rotatable bonds is 3. The van der Waals surface area contributed by atoms with Gasteiger partial charge in [-0.15, -0.1) is 0 Å². The van der Waals surface area contributed by atoms with Crippen LogP contribution in [-0.4, -0.2) is 5.84 Å². The Hall–Kier alpha value is -1.57. The number of benzene rings is 1. The molecule has 0 saturated carbocycles. The summed E-state index contributed by atoms with van der Waals surface area (Å²) < 4.78 is 0. The molecule has 1 rings (SSSR count). The molecule has 0 amide bonds. The second-order valence-corrected chi connectivity index (χ2v) is 4.48. The number of nitrogens with zero attached hydrogens (tertiary/aromatic N) is 1. The van der Waals surface area contributed by atoms with Crippen LogP contribution in [0.25, 0.3) is 0 Å². The molecule has 1 aromatic rings. The van der Waals surface area contributed by atoms with Gasteiger partial charge >= 0.3 is 0 Å². The van der Waals surface area contributed by atoms with Crippen molar-refractivity contribution in [2.45, 2.75) is 33.6 Å². The van der Waals surface area contributed by atoms with Crippen molar-refractivity contribution in [2.75, 3.05) is 0 Å². The largest absolute Gasteiger partial charge is 0.383 e. The van der Waals surface area contributed by atoms with Crippen LogP contribution >= 0.6 is 0 Å². The van der Waals surface area contributed by atoms with E-state index in [-0.39, 0.29) is 0 Å². The van der Waals surface area contributed by atoms with E-state index in [1.54, 1.807) is 0 Å². The van der Waals surface area contributed by atoms with Crippen molar-refractivity contribution in [1.29, 1.82) is 0 Å². The topological polar surface area (TPSA) is 38.4 Å². The molecule has 0 aromatic heterocycles. The third-order valence-corrected chi connectivity index (χ3v) is 2.42. The number of hydrogen-bond donors (Lipinski definition) is 1. The van der Waals surface area contributed by atoms with Gasteiger partial charge in [-0.3, -0.25) is 0 Å². The Morgan fingerprint density at radius 1 is 1.38 bits per heavy atom. The van der Waals surface area contributed by atoms with Crippen LogP contribution < -0.4 is 5.73 Å². The van der Waals surface area contributed by atoms with Gasteiger partial charge in [-0.05, 0) is 25.3 Å². The molecule has 16 heavy (non-hydrogen) atoms. The van der Waals surface area contributed by atoms with Crippen molar-refractivity contribution in [3.05, 3.63) is 47.2 Å². The summed E-state index contributed by atoms with van der Waals surface area (Å²) in [5, 5.41) is 0. The van der Waals surface area contributed by atoms with E-state index in [4.69, 9.17) is 5.73 Å². The number of nitrogens with two attached hydrogens (primary N) is 1. The van der Waals surface area contributed by atoms with Crippen LogP contribution in [0.15, 0.2) is 35.5 Å². The Morgan fingerprint density at radius 3 is 2.50 bits per heavy atom. The fourth-order valence-electron chi connectivity index (χ4n) is 1.66. The first-order valence-electron chi connectivity index (χ1n) is 5.52. The lowest BCUT2D eigenvalue weighted by Gasteiger charge is -2.13. The van der Waals surface area contributed by atoms with E-state index < -0.39 is 0 Å². The van der Waals surface area contributed by atoms with E-state index in [1.807, 2.05) is 13.0 Å². The Balaban J connectivity index is 3.28. The Bertz CT molecular complexity index is 428. The third-order valence-electron chi connectivity index (χ3n) is 2.42. The van der Waals surface area contributed by atoms with Crippen LogP contribution in [0.5, 0.6) is 0 Å². The molecular formula is C14H20N2. The van der Waals surface area contributed by atoms with E-state index in [9.17, 15) is 0 Å². The molecule has 2 heteroatoms. The van der Waals surface area contributed by atoms with Crippen molar-refractivity contribution in [1.82, 2.24) is 0 Å². The van der Waals surface area contributed by atoms with Crippen LogP contribution in [-0.2, 0) is 0 Å². The van der Waals surface area contributed by atoms with Gasteiger partial charge in [0.2, 0.25) is 0 Å². The van der Waals surface area contributed by atoms with Gasteiger partial charge in [-0.2, -0.15) is 0 Å². The number of amidine groups is 1. The molecule has 0 fully saturated rings. The van der Waals surface area contributed by atoms with Gasteiger partial charge in [0.25, 0.3) is 0 Å². The molecular weight excluding hydrogens is 196 g/mol. The number of allylic oxidation sites excluding steroid dienone is 1. The maximum atomic E-state index is 5.97. The highest BCUT2D eigenvalue weighted by Gasteiger charge is 2.09. The normalized spacial score (nSPS) is 11.9. The first-order chi connectivity index (χ1) is 7.41. The second kappa shape index (κ2) is 4.97. The minimum Gasteiger partial charge on any atom is -0.383 e. The first-order valence-corrected chi connectivity index (χ1v) is 5.52. The molecule has 1 aromatic carbocycles. The van der Waals surface area contributed by atoms with Crippen molar-refractivity contribution in [3.63, 3.8) is 0 Å². The summed E-state index contributed by atoms with van der Waals surface area (Å²) in [6, 6.07) is 6.26. The molecule has 0 aliphatic heterocycles. The minimum atomic E-state index is 0.439. The fraction of sp³-hybridized carbons (Fsp3) is 0.357. The molecule has 0 atom stereocenters. The summed E-state index contributed by atoms with van der Waals surface area (Å²) in [5.74, 6) is 0.991. The summed E-state index contributed by atoms with van der Waals surface area (Å²) in [7, 11) is 0. The molecule has 2 N–H and O–H groups in total. The van der Waals surface area contributed by atoms with E-state index in [0.29, 0.717) is 11.8 Å². The summed E-state index contributed by atoms with van der Waals surface area (Å²) in [6.45, 7) is 12.0. The zero-order valence-electron chi connectivity index (χ0n) is 10.5. The highest BCUT2D eigenvalue weighted by Crippen LogP contribution is 2.21. The first kappa shape index (κ1) is 12.5. The van der Waals surface area contributed by atoms with Gasteiger partial charge in [-0.25, -0.2) is 4.99 Å². The summed E-state index contributed by atoms with van der Waals surface area (Å²) in [5.41, 5.74) is 10.2. The summed E-state index contributed by atoms with van der Waals surface area (Å²) in [4.78, 5) is 4.22. The quantitative estimate of drug-likeness (QED) is 0.610. The minimum absolute atomic E-state index is 0.439. The maximum absolute atomic E-state index is 5.97. The lowest BCUT2D eigenvalue weighted by Crippen LogP contribution is -2.16. The average Bonchev–Trinajstić information content (AvgIpc) is 2.16. The van der Waals surface area contributed by atoms with Crippen molar-refractivity contribution < 1.29 is 0 Å². The van der Waals surface area contributed by atoms with Crippen molar-refractivity contribution in [2.24, 2.45) is 10.7 Å². The van der Waals surface area contributed by atoms with Gasteiger partial charge < -0.3 is 5.73 Å². The molecule has 0 saturated heterocycles. The van der Waals surface area contributed by atoms with Crippen LogP contribution in [0, 0.1) is 6.92 Å². The van der Waals surface area contributed by atoms with Gasteiger partial charge in [0.1, 0.15) is 5.84 Å². The van der Waals surface area contributed by atoms with E-state index in [2.05, 4.69) is 44.5 Å². The van der Waals surface area contributed by atoms with Gasteiger partial charge in [-0.1, -0.05) is 44.2 Å². The molecule has 2 nitrogen and oxygen atoms in total.